The molecule has 0 unspecified atom stereocenters. The molecule has 2 aromatic carbocycles. The lowest BCUT2D eigenvalue weighted by Crippen LogP contribution is -2.34. The molecule has 0 N–H and O–H groups in total. The summed E-state index contributed by atoms with van der Waals surface area (Å²) < 4.78 is 1.79. The molecule has 1 aliphatic rings. The maximum absolute atomic E-state index is 12.9. The minimum Gasteiger partial charge on any atom is -0.336 e. The number of aromatic nitrogens is 3. The zero-order valence-electron chi connectivity index (χ0n) is 16.3. The molecule has 0 spiro atoms. The minimum absolute atomic E-state index is 0.0459. The average molecular weight is 375 g/mol. The van der Waals surface area contributed by atoms with E-state index >= 15 is 0 Å². The Kier molecular flexibility index (Phi) is 5.21. The quantitative estimate of drug-likeness (QED) is 0.688. The zero-order valence-corrected chi connectivity index (χ0v) is 16.3. The van der Waals surface area contributed by atoms with Gasteiger partial charge in [-0.1, -0.05) is 65.9 Å². The number of benzene rings is 2. The van der Waals surface area contributed by atoms with E-state index in [0.717, 1.165) is 30.6 Å². The van der Waals surface area contributed by atoms with Gasteiger partial charge in [0.2, 0.25) is 0 Å². The topological polar surface area (TPSA) is 54.3 Å². The van der Waals surface area contributed by atoms with Crippen LogP contribution in [0.5, 0.6) is 0 Å². The molecule has 2 heterocycles. The number of likely N-dealkylation sites (tertiary alicyclic amines) is 1. The number of amides is 1. The molecule has 144 valence electrons. The van der Waals surface area contributed by atoms with Crippen molar-refractivity contribution in [1.29, 1.82) is 0 Å². The normalized spacial score (nSPS) is 16.9. The standard InChI is InChI=1S/C22H25N5O/c1-25(2)19-13-14-26(15-19)22(28)20-16-27(24-23-20)21(17-9-5-3-6-10-17)18-11-7-4-8-12-18/h3-12,16,19,21H,13-15H2,1-2H3/t19-/m1/s1. The molecule has 4 rings (SSSR count). The molecule has 0 bridgehead atoms. The van der Waals surface area contributed by atoms with Gasteiger partial charge in [-0.25, -0.2) is 4.68 Å². The highest BCUT2D eigenvalue weighted by atomic mass is 16.2. The van der Waals surface area contributed by atoms with Crippen molar-refractivity contribution in [1.82, 2.24) is 24.8 Å². The summed E-state index contributed by atoms with van der Waals surface area (Å²) in [7, 11) is 4.11. The second kappa shape index (κ2) is 7.94. The Balaban J connectivity index is 1.62. The Bertz CT molecular complexity index is 883. The van der Waals surface area contributed by atoms with E-state index in [1.807, 2.05) is 41.3 Å². The Morgan fingerprint density at radius 1 is 1.04 bits per heavy atom. The molecule has 6 heteroatoms. The number of carbonyl (C=O) groups excluding carboxylic acids is 1. The third-order valence-electron chi connectivity index (χ3n) is 5.41. The van der Waals surface area contributed by atoms with Gasteiger partial charge in [-0.2, -0.15) is 0 Å². The minimum atomic E-state index is -0.121. The van der Waals surface area contributed by atoms with Crippen molar-refractivity contribution in [3.8, 4) is 0 Å². The Morgan fingerprint density at radius 2 is 1.64 bits per heavy atom. The van der Waals surface area contributed by atoms with Crippen molar-refractivity contribution in [3.63, 3.8) is 0 Å². The van der Waals surface area contributed by atoms with Crippen LogP contribution in [0.15, 0.2) is 66.9 Å². The van der Waals surface area contributed by atoms with Crippen LogP contribution in [0.3, 0.4) is 0 Å². The van der Waals surface area contributed by atoms with Crippen LogP contribution >= 0.6 is 0 Å². The van der Waals surface area contributed by atoms with E-state index in [1.54, 1.807) is 10.9 Å². The molecule has 1 atom stereocenters. The third kappa shape index (κ3) is 3.68. The number of rotatable bonds is 5. The highest BCUT2D eigenvalue weighted by Crippen LogP contribution is 2.26. The number of hydrogen-bond acceptors (Lipinski definition) is 4. The second-order valence-corrected chi connectivity index (χ2v) is 7.46. The van der Waals surface area contributed by atoms with Gasteiger partial charge in [0, 0.05) is 19.1 Å². The van der Waals surface area contributed by atoms with Crippen LogP contribution in [0.2, 0.25) is 0 Å². The van der Waals surface area contributed by atoms with Crippen molar-refractivity contribution in [3.05, 3.63) is 83.7 Å². The molecule has 3 aromatic rings. The van der Waals surface area contributed by atoms with Gasteiger partial charge in [-0.15, -0.1) is 5.10 Å². The van der Waals surface area contributed by atoms with Crippen LogP contribution in [0.1, 0.15) is 34.1 Å². The van der Waals surface area contributed by atoms with Crippen molar-refractivity contribution < 1.29 is 4.79 Å². The monoisotopic (exact) mass is 375 g/mol. The molecule has 28 heavy (non-hydrogen) atoms. The smallest absolute Gasteiger partial charge is 0.276 e. The fraction of sp³-hybridized carbons (Fsp3) is 0.318. The summed E-state index contributed by atoms with van der Waals surface area (Å²) in [6, 6.07) is 20.6. The molecule has 0 saturated carbocycles. The largest absolute Gasteiger partial charge is 0.336 e. The fourth-order valence-electron chi connectivity index (χ4n) is 3.78. The first-order valence-corrected chi connectivity index (χ1v) is 9.61. The second-order valence-electron chi connectivity index (χ2n) is 7.46. The van der Waals surface area contributed by atoms with E-state index in [-0.39, 0.29) is 11.9 Å². The number of hydrogen-bond donors (Lipinski definition) is 0. The van der Waals surface area contributed by atoms with E-state index in [4.69, 9.17) is 0 Å². The summed E-state index contributed by atoms with van der Waals surface area (Å²) in [4.78, 5) is 17.0. The SMILES string of the molecule is CN(C)[C@@H]1CCN(C(=O)c2cn(C(c3ccccc3)c3ccccc3)nn2)C1. The summed E-state index contributed by atoms with van der Waals surface area (Å²) in [5.41, 5.74) is 2.61. The molecule has 0 radical (unpaired) electrons. The lowest BCUT2D eigenvalue weighted by molar-refractivity contribution is 0.0777. The summed E-state index contributed by atoms with van der Waals surface area (Å²) >= 11 is 0. The van der Waals surface area contributed by atoms with Gasteiger partial charge in [0.05, 0.1) is 6.20 Å². The first-order valence-electron chi connectivity index (χ1n) is 9.61. The Hall–Kier alpha value is -2.99. The molecular weight excluding hydrogens is 350 g/mol. The molecule has 6 nitrogen and oxygen atoms in total. The predicted molar refractivity (Wildman–Crippen MR) is 108 cm³/mol. The van der Waals surface area contributed by atoms with Crippen molar-refractivity contribution >= 4 is 5.91 Å². The van der Waals surface area contributed by atoms with E-state index < -0.39 is 0 Å². The number of nitrogens with zero attached hydrogens (tertiary/aromatic N) is 5. The highest BCUT2D eigenvalue weighted by Gasteiger charge is 2.30. The van der Waals surface area contributed by atoms with E-state index in [0.29, 0.717) is 11.7 Å². The van der Waals surface area contributed by atoms with Gasteiger partial charge in [0.25, 0.3) is 5.91 Å². The molecule has 1 fully saturated rings. The average Bonchev–Trinajstić information content (AvgIpc) is 3.40. The summed E-state index contributed by atoms with van der Waals surface area (Å²) in [6.45, 7) is 1.49. The van der Waals surface area contributed by atoms with Crippen LogP contribution in [0.25, 0.3) is 0 Å². The maximum atomic E-state index is 12.9. The predicted octanol–water partition coefficient (Wildman–Crippen LogP) is 2.69. The van der Waals surface area contributed by atoms with Gasteiger partial charge < -0.3 is 9.80 Å². The molecule has 1 amide bonds. The zero-order chi connectivity index (χ0) is 19.5. The first-order chi connectivity index (χ1) is 13.6. The number of carbonyl (C=O) groups is 1. The summed E-state index contributed by atoms with van der Waals surface area (Å²) in [5, 5.41) is 8.54. The van der Waals surface area contributed by atoms with Crippen molar-refractivity contribution in [2.45, 2.75) is 18.5 Å². The van der Waals surface area contributed by atoms with Crippen LogP contribution < -0.4 is 0 Å². The van der Waals surface area contributed by atoms with Gasteiger partial charge in [-0.05, 0) is 31.6 Å². The molecule has 0 aliphatic carbocycles. The van der Waals surface area contributed by atoms with Crippen LogP contribution in [0, 0.1) is 0 Å². The van der Waals surface area contributed by atoms with Gasteiger partial charge >= 0.3 is 0 Å². The van der Waals surface area contributed by atoms with Crippen molar-refractivity contribution in [2.75, 3.05) is 27.2 Å². The summed E-state index contributed by atoms with van der Waals surface area (Å²) in [5.74, 6) is -0.0459. The van der Waals surface area contributed by atoms with Crippen LogP contribution in [0.4, 0.5) is 0 Å². The third-order valence-corrected chi connectivity index (χ3v) is 5.41. The van der Waals surface area contributed by atoms with Gasteiger partial charge in [0.15, 0.2) is 5.69 Å². The fourth-order valence-corrected chi connectivity index (χ4v) is 3.78. The lowest BCUT2D eigenvalue weighted by atomic mass is 9.99. The van der Waals surface area contributed by atoms with Crippen molar-refractivity contribution in [2.24, 2.45) is 0 Å². The lowest BCUT2D eigenvalue weighted by Gasteiger charge is -2.20. The maximum Gasteiger partial charge on any atom is 0.276 e. The highest BCUT2D eigenvalue weighted by molar-refractivity contribution is 5.92. The Morgan fingerprint density at radius 3 is 2.18 bits per heavy atom. The molecule has 1 aromatic heterocycles. The summed E-state index contributed by atoms with van der Waals surface area (Å²) in [6.07, 6.45) is 2.76. The molecule has 1 saturated heterocycles. The number of likely N-dealkylation sites (N-methyl/N-ethyl adjacent to an activating group) is 1. The Labute approximate surface area is 165 Å². The first kappa shape index (κ1) is 18.4. The molecule has 1 aliphatic heterocycles. The molecular formula is C22H25N5O. The van der Waals surface area contributed by atoms with Gasteiger partial charge in [0.1, 0.15) is 6.04 Å². The van der Waals surface area contributed by atoms with Crippen LogP contribution in [-0.2, 0) is 0 Å². The van der Waals surface area contributed by atoms with E-state index in [1.165, 1.54) is 0 Å². The van der Waals surface area contributed by atoms with Gasteiger partial charge in [-0.3, -0.25) is 4.79 Å². The van der Waals surface area contributed by atoms with E-state index in [2.05, 4.69) is 53.6 Å². The van der Waals surface area contributed by atoms with E-state index in [9.17, 15) is 4.79 Å². The van der Waals surface area contributed by atoms with Crippen LogP contribution in [-0.4, -0.2) is 63.9 Å².